The van der Waals surface area contributed by atoms with Crippen LogP contribution in [0.2, 0.25) is 0 Å². The van der Waals surface area contributed by atoms with Gasteiger partial charge in [0.1, 0.15) is 5.75 Å². The topological polar surface area (TPSA) is 54.5 Å². The summed E-state index contributed by atoms with van der Waals surface area (Å²) in [4.78, 5) is 20.0. The molecule has 1 N–H and O–H groups in total. The molecule has 166 valence electrons. The second-order valence-electron chi connectivity index (χ2n) is 9.18. The molecule has 1 aliphatic carbocycles. The highest BCUT2D eigenvalue weighted by molar-refractivity contribution is 5.79. The van der Waals surface area contributed by atoms with Crippen molar-refractivity contribution in [3.63, 3.8) is 0 Å². The van der Waals surface area contributed by atoms with Gasteiger partial charge < -0.3 is 10.1 Å². The molecule has 1 aromatic carbocycles. The van der Waals surface area contributed by atoms with Gasteiger partial charge in [0.25, 0.3) is 0 Å². The Balaban J connectivity index is 1.49. The summed E-state index contributed by atoms with van der Waals surface area (Å²) in [5.41, 5.74) is 4.86. The zero-order valence-corrected chi connectivity index (χ0v) is 19.1. The van der Waals surface area contributed by atoms with Crippen molar-refractivity contribution < 1.29 is 9.53 Å². The van der Waals surface area contributed by atoms with Gasteiger partial charge in [-0.3, -0.25) is 14.7 Å². The lowest BCUT2D eigenvalue weighted by molar-refractivity contribution is -0.128. The van der Waals surface area contributed by atoms with E-state index in [2.05, 4.69) is 47.2 Å². The van der Waals surface area contributed by atoms with Crippen LogP contribution in [0.1, 0.15) is 60.5 Å². The Kier molecular flexibility index (Phi) is 6.91. The number of nitrogens with one attached hydrogen (secondary N) is 1. The Labute approximate surface area is 186 Å². The molecule has 31 heavy (non-hydrogen) atoms. The molecule has 2 atom stereocenters. The number of carbonyl (C=O) groups is 1. The first-order valence-corrected chi connectivity index (χ1v) is 11.6. The van der Waals surface area contributed by atoms with Gasteiger partial charge in [0.15, 0.2) is 0 Å². The average molecular weight is 422 g/mol. The number of nitrogens with zero attached hydrogens (tertiary/aromatic N) is 2. The van der Waals surface area contributed by atoms with Gasteiger partial charge >= 0.3 is 0 Å². The predicted molar refractivity (Wildman–Crippen MR) is 123 cm³/mol. The molecule has 0 bridgehead atoms. The molecule has 2 heterocycles. The van der Waals surface area contributed by atoms with Gasteiger partial charge in [-0.25, -0.2) is 0 Å². The number of pyridine rings is 1. The van der Waals surface area contributed by atoms with Crippen LogP contribution in [0, 0.1) is 25.7 Å². The number of carbonyl (C=O) groups excluding carboxylic acids is 1. The van der Waals surface area contributed by atoms with Gasteiger partial charge in [-0.05, 0) is 86.9 Å². The summed E-state index contributed by atoms with van der Waals surface area (Å²) in [7, 11) is 1.73. The van der Waals surface area contributed by atoms with Crippen molar-refractivity contribution in [1.29, 1.82) is 0 Å². The summed E-state index contributed by atoms with van der Waals surface area (Å²) < 4.78 is 5.48. The Morgan fingerprint density at radius 3 is 2.68 bits per heavy atom. The van der Waals surface area contributed by atoms with E-state index in [9.17, 15) is 4.79 Å². The van der Waals surface area contributed by atoms with Gasteiger partial charge in [0.05, 0.1) is 18.8 Å². The van der Waals surface area contributed by atoms with Crippen LogP contribution in [0.25, 0.3) is 0 Å². The molecule has 2 aliphatic rings. The van der Waals surface area contributed by atoms with Crippen molar-refractivity contribution in [2.24, 2.45) is 11.8 Å². The van der Waals surface area contributed by atoms with Gasteiger partial charge in [-0.2, -0.15) is 0 Å². The molecule has 0 radical (unpaired) electrons. The number of methoxy groups -OCH3 is 1. The average Bonchev–Trinajstić information content (AvgIpc) is 2.75. The quantitative estimate of drug-likeness (QED) is 0.711. The highest BCUT2D eigenvalue weighted by atomic mass is 16.5. The van der Waals surface area contributed by atoms with Crippen molar-refractivity contribution in [1.82, 2.24) is 15.2 Å². The number of amides is 1. The van der Waals surface area contributed by atoms with Crippen LogP contribution >= 0.6 is 0 Å². The minimum atomic E-state index is -0.0178. The van der Waals surface area contributed by atoms with E-state index >= 15 is 0 Å². The van der Waals surface area contributed by atoms with Crippen LogP contribution in [0.5, 0.6) is 5.75 Å². The summed E-state index contributed by atoms with van der Waals surface area (Å²) in [6.07, 6.45) is 7.30. The number of ether oxygens (including phenoxy) is 1. The third-order valence-corrected chi connectivity index (χ3v) is 7.26. The SMILES string of the molecule is COc1ccc(CN2CCC[C@H]([C@H](NC(=O)C3CCC3)c3ccccn3)C2)c(C)c1C. The summed E-state index contributed by atoms with van der Waals surface area (Å²) in [5.74, 6) is 1.72. The monoisotopic (exact) mass is 421 g/mol. The van der Waals surface area contributed by atoms with Crippen LogP contribution < -0.4 is 10.1 Å². The van der Waals surface area contributed by atoms with E-state index in [1.165, 1.54) is 23.1 Å². The molecule has 1 saturated heterocycles. The van der Waals surface area contributed by atoms with Crippen molar-refractivity contribution in [3.05, 3.63) is 58.9 Å². The van der Waals surface area contributed by atoms with E-state index < -0.39 is 0 Å². The third kappa shape index (κ3) is 4.93. The molecule has 1 aliphatic heterocycles. The third-order valence-electron chi connectivity index (χ3n) is 7.26. The highest BCUT2D eigenvalue weighted by Gasteiger charge is 2.33. The normalized spacial score (nSPS) is 20.7. The van der Waals surface area contributed by atoms with Crippen LogP contribution in [0.4, 0.5) is 0 Å². The molecule has 2 fully saturated rings. The molecule has 1 aromatic heterocycles. The van der Waals surface area contributed by atoms with Crippen molar-refractivity contribution >= 4 is 5.91 Å². The van der Waals surface area contributed by atoms with E-state index in [-0.39, 0.29) is 17.9 Å². The fourth-order valence-corrected chi connectivity index (χ4v) is 4.93. The molecular formula is C26H35N3O2. The summed E-state index contributed by atoms with van der Waals surface area (Å²) in [5, 5.41) is 3.38. The van der Waals surface area contributed by atoms with E-state index in [0.717, 1.165) is 56.8 Å². The number of hydrogen-bond donors (Lipinski definition) is 1. The first-order chi connectivity index (χ1) is 15.1. The van der Waals surface area contributed by atoms with Gasteiger partial charge in [0.2, 0.25) is 5.91 Å². The maximum Gasteiger partial charge on any atom is 0.223 e. The lowest BCUT2D eigenvalue weighted by Crippen LogP contribution is -2.45. The van der Waals surface area contributed by atoms with Crippen molar-refractivity contribution in [3.8, 4) is 5.75 Å². The lowest BCUT2D eigenvalue weighted by Gasteiger charge is -2.38. The Bertz CT molecular complexity index is 895. The zero-order chi connectivity index (χ0) is 21.8. The fourth-order valence-electron chi connectivity index (χ4n) is 4.93. The van der Waals surface area contributed by atoms with E-state index in [1.54, 1.807) is 7.11 Å². The molecule has 0 spiro atoms. The van der Waals surface area contributed by atoms with E-state index in [0.29, 0.717) is 5.92 Å². The summed E-state index contributed by atoms with van der Waals surface area (Å²) in [6.45, 7) is 7.30. The fraction of sp³-hybridized carbons (Fsp3) is 0.538. The van der Waals surface area contributed by atoms with Gasteiger partial charge in [-0.15, -0.1) is 0 Å². The number of piperidine rings is 1. The number of benzene rings is 1. The molecule has 1 saturated carbocycles. The number of aromatic nitrogens is 1. The minimum absolute atomic E-state index is 0.0178. The lowest BCUT2D eigenvalue weighted by atomic mass is 9.83. The van der Waals surface area contributed by atoms with Gasteiger partial charge in [0, 0.05) is 25.2 Å². The zero-order valence-electron chi connectivity index (χ0n) is 19.1. The number of likely N-dealkylation sites (tertiary alicyclic amines) is 1. The molecule has 4 rings (SSSR count). The molecule has 0 unspecified atom stereocenters. The van der Waals surface area contributed by atoms with Crippen LogP contribution in [0.3, 0.4) is 0 Å². The van der Waals surface area contributed by atoms with Crippen molar-refractivity contribution in [2.75, 3.05) is 20.2 Å². The smallest absolute Gasteiger partial charge is 0.223 e. The Hall–Kier alpha value is -2.40. The largest absolute Gasteiger partial charge is 0.496 e. The van der Waals surface area contributed by atoms with Crippen LogP contribution in [0.15, 0.2) is 36.5 Å². The Morgan fingerprint density at radius 1 is 1.16 bits per heavy atom. The molecule has 2 aromatic rings. The van der Waals surface area contributed by atoms with Crippen LogP contribution in [-0.2, 0) is 11.3 Å². The van der Waals surface area contributed by atoms with E-state index in [1.807, 2.05) is 18.3 Å². The minimum Gasteiger partial charge on any atom is -0.496 e. The standard InChI is InChI=1S/C26H35N3O2/c1-18-19(2)24(31-3)13-12-21(18)16-29-15-7-10-22(17-29)25(23-11-4-5-14-27-23)28-26(30)20-8-6-9-20/h4-5,11-14,20,22,25H,6-10,15-17H2,1-3H3,(H,28,30)/t22-,25-/m0/s1. The summed E-state index contributed by atoms with van der Waals surface area (Å²) >= 11 is 0. The maximum absolute atomic E-state index is 12.8. The molecule has 5 heteroatoms. The number of rotatable bonds is 7. The van der Waals surface area contributed by atoms with Crippen molar-refractivity contribution in [2.45, 2.75) is 58.5 Å². The first kappa shape index (κ1) is 21.8. The summed E-state index contributed by atoms with van der Waals surface area (Å²) in [6, 6.07) is 10.3. The van der Waals surface area contributed by atoms with Gasteiger partial charge in [-0.1, -0.05) is 18.6 Å². The molecule has 1 amide bonds. The van der Waals surface area contributed by atoms with Crippen LogP contribution in [-0.4, -0.2) is 36.0 Å². The second kappa shape index (κ2) is 9.82. The Morgan fingerprint density at radius 2 is 2.00 bits per heavy atom. The predicted octanol–water partition coefficient (Wildman–Crippen LogP) is 4.58. The first-order valence-electron chi connectivity index (χ1n) is 11.6. The molecule has 5 nitrogen and oxygen atoms in total. The highest BCUT2D eigenvalue weighted by Crippen LogP contribution is 2.33. The number of hydrogen-bond acceptors (Lipinski definition) is 4. The maximum atomic E-state index is 12.8. The van der Waals surface area contributed by atoms with E-state index in [4.69, 9.17) is 4.74 Å². The second-order valence-corrected chi connectivity index (χ2v) is 9.18. The molecular weight excluding hydrogens is 386 g/mol.